The summed E-state index contributed by atoms with van der Waals surface area (Å²) in [4.78, 5) is 20.7. The predicted octanol–water partition coefficient (Wildman–Crippen LogP) is 3.47. The summed E-state index contributed by atoms with van der Waals surface area (Å²) >= 11 is 0. The molecule has 0 aliphatic carbocycles. The zero-order valence-electron chi connectivity index (χ0n) is 16.3. The maximum absolute atomic E-state index is 13.9. The third kappa shape index (κ3) is 4.45. The van der Waals surface area contributed by atoms with E-state index in [1.807, 2.05) is 47.1 Å². The van der Waals surface area contributed by atoms with Crippen LogP contribution in [0.2, 0.25) is 0 Å². The lowest BCUT2D eigenvalue weighted by Crippen LogP contribution is -2.49. The van der Waals surface area contributed by atoms with Gasteiger partial charge >= 0.3 is 0 Å². The van der Waals surface area contributed by atoms with Crippen LogP contribution in [-0.4, -0.2) is 47.1 Å². The van der Waals surface area contributed by atoms with Gasteiger partial charge in [-0.05, 0) is 19.1 Å². The van der Waals surface area contributed by atoms with Gasteiger partial charge in [-0.2, -0.15) is 4.98 Å². The van der Waals surface area contributed by atoms with Crippen LogP contribution < -0.4 is 4.90 Å². The summed E-state index contributed by atoms with van der Waals surface area (Å²) in [6.07, 6.45) is 0.723. The molecule has 0 spiro atoms. The number of amides is 1. The van der Waals surface area contributed by atoms with Crippen molar-refractivity contribution in [2.45, 2.75) is 19.8 Å². The first-order valence-electron chi connectivity index (χ1n) is 9.77. The van der Waals surface area contributed by atoms with Gasteiger partial charge < -0.3 is 14.3 Å². The lowest BCUT2D eigenvalue weighted by Gasteiger charge is -2.36. The average Bonchev–Trinajstić information content (AvgIpc) is 3.22. The van der Waals surface area contributed by atoms with E-state index in [0.29, 0.717) is 56.4 Å². The summed E-state index contributed by atoms with van der Waals surface area (Å²) < 4.78 is 19.2. The van der Waals surface area contributed by atoms with E-state index >= 15 is 0 Å². The van der Waals surface area contributed by atoms with Crippen molar-refractivity contribution in [1.29, 1.82) is 0 Å². The third-order valence-electron chi connectivity index (χ3n) is 5.16. The van der Waals surface area contributed by atoms with Crippen LogP contribution in [0.4, 0.5) is 10.1 Å². The molecule has 0 bridgehead atoms. The molecular weight excluding hydrogens is 371 g/mol. The molecular formula is C22H23FN4O2. The van der Waals surface area contributed by atoms with Crippen molar-refractivity contribution in [3.63, 3.8) is 0 Å². The Morgan fingerprint density at radius 2 is 1.79 bits per heavy atom. The van der Waals surface area contributed by atoms with Gasteiger partial charge in [0.2, 0.25) is 17.6 Å². The van der Waals surface area contributed by atoms with E-state index < -0.39 is 0 Å². The average molecular weight is 394 g/mol. The molecule has 1 amide bonds. The molecule has 4 rings (SSSR count). The molecule has 0 radical (unpaired) electrons. The third-order valence-corrected chi connectivity index (χ3v) is 5.16. The van der Waals surface area contributed by atoms with Gasteiger partial charge in [0.15, 0.2) is 0 Å². The number of carbonyl (C=O) groups is 1. The molecule has 1 aliphatic rings. The number of para-hydroxylation sites is 1. The van der Waals surface area contributed by atoms with E-state index in [9.17, 15) is 9.18 Å². The lowest BCUT2D eigenvalue weighted by molar-refractivity contribution is -0.131. The van der Waals surface area contributed by atoms with E-state index in [2.05, 4.69) is 10.1 Å². The number of carbonyl (C=O) groups excluding carboxylic acids is 1. The van der Waals surface area contributed by atoms with Gasteiger partial charge in [-0.15, -0.1) is 0 Å². The molecule has 0 unspecified atom stereocenters. The van der Waals surface area contributed by atoms with Crippen LogP contribution in [0.3, 0.4) is 0 Å². The summed E-state index contributed by atoms with van der Waals surface area (Å²) in [6, 6.07) is 14.6. The van der Waals surface area contributed by atoms with Crippen LogP contribution in [0.15, 0.2) is 53.1 Å². The predicted molar refractivity (Wildman–Crippen MR) is 108 cm³/mol. The molecule has 7 heteroatoms. The smallest absolute Gasteiger partial charge is 0.227 e. The number of aromatic nitrogens is 2. The quantitative estimate of drug-likeness (QED) is 0.663. The largest absolute Gasteiger partial charge is 0.366 e. The van der Waals surface area contributed by atoms with Crippen LogP contribution in [0.1, 0.15) is 17.9 Å². The maximum Gasteiger partial charge on any atom is 0.227 e. The number of rotatable bonds is 5. The number of nitrogens with zero attached hydrogens (tertiary/aromatic N) is 4. The fourth-order valence-corrected chi connectivity index (χ4v) is 3.45. The standard InChI is InChI=1S/C22H23FN4O2/c1-16-6-8-17(9-7-16)22-24-20(29-25-22)10-11-21(28)27-14-12-26(13-15-27)19-5-3-2-4-18(19)23/h2-9H,10-15H2,1H3. The Labute approximate surface area is 168 Å². The van der Waals surface area contributed by atoms with Gasteiger partial charge in [0.1, 0.15) is 5.82 Å². The minimum atomic E-state index is -0.229. The Bertz CT molecular complexity index is 978. The second-order valence-electron chi connectivity index (χ2n) is 7.20. The van der Waals surface area contributed by atoms with Gasteiger partial charge in [0, 0.05) is 44.6 Å². The van der Waals surface area contributed by atoms with Crippen molar-refractivity contribution in [1.82, 2.24) is 15.0 Å². The van der Waals surface area contributed by atoms with Crippen molar-refractivity contribution in [2.24, 2.45) is 0 Å². The van der Waals surface area contributed by atoms with E-state index in [-0.39, 0.29) is 11.7 Å². The van der Waals surface area contributed by atoms with Gasteiger partial charge in [-0.25, -0.2) is 4.39 Å². The summed E-state index contributed by atoms with van der Waals surface area (Å²) in [7, 11) is 0. The summed E-state index contributed by atoms with van der Waals surface area (Å²) in [5.74, 6) is 0.811. The van der Waals surface area contributed by atoms with E-state index in [1.165, 1.54) is 6.07 Å². The van der Waals surface area contributed by atoms with Crippen molar-refractivity contribution in [3.05, 3.63) is 65.8 Å². The van der Waals surface area contributed by atoms with E-state index in [4.69, 9.17) is 4.52 Å². The Balaban J connectivity index is 1.29. The molecule has 3 aromatic rings. The monoisotopic (exact) mass is 394 g/mol. The van der Waals surface area contributed by atoms with Gasteiger partial charge in [0.25, 0.3) is 0 Å². The van der Waals surface area contributed by atoms with Crippen molar-refractivity contribution >= 4 is 11.6 Å². The van der Waals surface area contributed by atoms with Crippen molar-refractivity contribution < 1.29 is 13.7 Å². The first-order chi connectivity index (χ1) is 14.1. The molecule has 29 heavy (non-hydrogen) atoms. The molecule has 0 atom stereocenters. The van der Waals surface area contributed by atoms with Crippen molar-refractivity contribution in [3.8, 4) is 11.4 Å². The second kappa shape index (κ2) is 8.43. The SMILES string of the molecule is Cc1ccc(-c2noc(CCC(=O)N3CCN(c4ccccc4F)CC3)n2)cc1. The minimum Gasteiger partial charge on any atom is -0.366 e. The minimum absolute atomic E-state index is 0.0493. The summed E-state index contributed by atoms with van der Waals surface area (Å²) in [6.45, 7) is 4.40. The normalized spacial score (nSPS) is 14.3. The Morgan fingerprint density at radius 1 is 1.07 bits per heavy atom. The number of hydrogen-bond acceptors (Lipinski definition) is 5. The molecule has 6 nitrogen and oxygen atoms in total. The number of piperazine rings is 1. The Hall–Kier alpha value is -3.22. The number of halogens is 1. The van der Waals surface area contributed by atoms with Crippen LogP contribution in [0, 0.1) is 12.7 Å². The fourth-order valence-electron chi connectivity index (χ4n) is 3.45. The van der Waals surface area contributed by atoms with E-state index in [1.54, 1.807) is 12.1 Å². The van der Waals surface area contributed by atoms with Crippen LogP contribution in [-0.2, 0) is 11.2 Å². The highest BCUT2D eigenvalue weighted by molar-refractivity contribution is 5.76. The molecule has 2 aromatic carbocycles. The lowest BCUT2D eigenvalue weighted by atomic mass is 10.1. The Morgan fingerprint density at radius 3 is 2.52 bits per heavy atom. The molecule has 1 aromatic heterocycles. The molecule has 0 saturated carbocycles. The number of benzene rings is 2. The van der Waals surface area contributed by atoms with Gasteiger partial charge in [0.05, 0.1) is 5.69 Å². The first-order valence-corrected chi connectivity index (χ1v) is 9.77. The Kier molecular flexibility index (Phi) is 5.55. The molecule has 1 saturated heterocycles. The zero-order chi connectivity index (χ0) is 20.2. The molecule has 150 valence electrons. The summed E-state index contributed by atoms with van der Waals surface area (Å²) in [5, 5.41) is 4.01. The van der Waals surface area contributed by atoms with Crippen LogP contribution in [0.5, 0.6) is 0 Å². The summed E-state index contributed by atoms with van der Waals surface area (Å²) in [5.41, 5.74) is 2.65. The maximum atomic E-state index is 13.9. The molecule has 2 heterocycles. The van der Waals surface area contributed by atoms with Gasteiger partial charge in [-0.1, -0.05) is 47.1 Å². The van der Waals surface area contributed by atoms with E-state index in [0.717, 1.165) is 11.1 Å². The number of hydrogen-bond donors (Lipinski definition) is 0. The highest BCUT2D eigenvalue weighted by Gasteiger charge is 2.23. The number of anilines is 1. The first kappa shape index (κ1) is 19.1. The highest BCUT2D eigenvalue weighted by atomic mass is 19.1. The molecule has 1 fully saturated rings. The molecule has 0 N–H and O–H groups in total. The second-order valence-corrected chi connectivity index (χ2v) is 7.20. The van der Waals surface area contributed by atoms with Crippen molar-refractivity contribution in [2.75, 3.05) is 31.1 Å². The van der Waals surface area contributed by atoms with Gasteiger partial charge in [-0.3, -0.25) is 4.79 Å². The van der Waals surface area contributed by atoms with Crippen LogP contribution >= 0.6 is 0 Å². The highest BCUT2D eigenvalue weighted by Crippen LogP contribution is 2.21. The van der Waals surface area contributed by atoms with Crippen LogP contribution in [0.25, 0.3) is 11.4 Å². The number of aryl methyl sites for hydroxylation is 2. The fraction of sp³-hybridized carbons (Fsp3) is 0.318. The topological polar surface area (TPSA) is 62.5 Å². The zero-order valence-corrected chi connectivity index (χ0v) is 16.3. The molecule has 1 aliphatic heterocycles.